The molecule has 1 aromatic heterocycles. The lowest BCUT2D eigenvalue weighted by atomic mass is 10.2. The third-order valence-corrected chi connectivity index (χ3v) is 2.82. The minimum atomic E-state index is -4.41. The van der Waals surface area contributed by atoms with Crippen LogP contribution in [0.5, 0.6) is 0 Å². The third-order valence-electron chi connectivity index (χ3n) is 2.00. The lowest BCUT2D eigenvalue weighted by molar-refractivity contribution is -0.145. The van der Waals surface area contributed by atoms with E-state index in [0.717, 1.165) is 4.57 Å². The first-order valence-corrected chi connectivity index (χ1v) is 5.47. The summed E-state index contributed by atoms with van der Waals surface area (Å²) in [6.07, 6.45) is -4.38. The van der Waals surface area contributed by atoms with Crippen LogP contribution in [0.4, 0.5) is 13.2 Å². The predicted molar refractivity (Wildman–Crippen MR) is 60.2 cm³/mol. The molecular formula is C9H9F3INO2. The van der Waals surface area contributed by atoms with Crippen molar-refractivity contribution in [3.8, 4) is 0 Å². The summed E-state index contributed by atoms with van der Waals surface area (Å²) < 4.78 is 37.8. The second-order valence-electron chi connectivity index (χ2n) is 3.22. The predicted octanol–water partition coefficient (Wildman–Crippen LogP) is 1.94. The average molecular weight is 347 g/mol. The van der Waals surface area contributed by atoms with Crippen molar-refractivity contribution in [2.24, 2.45) is 0 Å². The van der Waals surface area contributed by atoms with Crippen molar-refractivity contribution < 1.29 is 18.3 Å². The second kappa shape index (κ2) is 5.17. The number of hydrogen-bond donors (Lipinski definition) is 1. The zero-order valence-electron chi connectivity index (χ0n) is 8.04. The van der Waals surface area contributed by atoms with Crippen molar-refractivity contribution >= 4 is 22.6 Å². The van der Waals surface area contributed by atoms with Gasteiger partial charge in [-0.2, -0.15) is 13.2 Å². The smallest absolute Gasteiger partial charge is 0.391 e. The fourth-order valence-electron chi connectivity index (χ4n) is 1.29. The van der Waals surface area contributed by atoms with Crippen molar-refractivity contribution in [3.63, 3.8) is 0 Å². The molecule has 0 saturated heterocycles. The van der Waals surface area contributed by atoms with Crippen LogP contribution in [0.15, 0.2) is 23.1 Å². The van der Waals surface area contributed by atoms with Crippen molar-refractivity contribution in [1.82, 2.24) is 4.57 Å². The van der Waals surface area contributed by atoms with Gasteiger partial charge in [0.2, 0.25) is 0 Å². The molecule has 1 rings (SSSR count). The Bertz CT molecular complexity index is 416. The lowest BCUT2D eigenvalue weighted by Gasteiger charge is -2.19. The molecule has 0 spiro atoms. The van der Waals surface area contributed by atoms with Gasteiger partial charge >= 0.3 is 6.18 Å². The van der Waals surface area contributed by atoms with E-state index < -0.39 is 30.8 Å². The molecule has 0 radical (unpaired) electrons. The Kier molecular flexibility index (Phi) is 4.36. The molecule has 1 atom stereocenters. The van der Waals surface area contributed by atoms with Crippen LogP contribution in [0.1, 0.15) is 12.5 Å². The standard InChI is InChI=1S/C9H9F3INO2/c10-9(11,12)4-6(5-15)14-3-1-2-7(13)8(14)16/h1-3,6,15H,4-5H2. The van der Waals surface area contributed by atoms with Crippen LogP contribution >= 0.6 is 22.6 Å². The molecule has 1 unspecified atom stereocenters. The Labute approximate surface area is 103 Å². The first-order valence-electron chi connectivity index (χ1n) is 4.39. The zero-order valence-corrected chi connectivity index (χ0v) is 10.2. The van der Waals surface area contributed by atoms with Crippen LogP contribution < -0.4 is 5.56 Å². The van der Waals surface area contributed by atoms with Crippen LogP contribution in [0, 0.1) is 3.57 Å². The fraction of sp³-hybridized carbons (Fsp3) is 0.444. The molecule has 7 heteroatoms. The monoisotopic (exact) mass is 347 g/mol. The summed E-state index contributed by atoms with van der Waals surface area (Å²) in [5, 5.41) is 8.90. The summed E-state index contributed by atoms with van der Waals surface area (Å²) in [6.45, 7) is -0.723. The molecule has 0 aromatic carbocycles. The number of alkyl halides is 3. The molecule has 16 heavy (non-hydrogen) atoms. The molecule has 90 valence electrons. The van der Waals surface area contributed by atoms with E-state index in [4.69, 9.17) is 5.11 Å². The van der Waals surface area contributed by atoms with Crippen LogP contribution in [0.3, 0.4) is 0 Å². The van der Waals surface area contributed by atoms with Crippen molar-refractivity contribution in [3.05, 3.63) is 32.3 Å². The SMILES string of the molecule is O=c1c(I)cccn1C(CO)CC(F)(F)F. The van der Waals surface area contributed by atoms with Gasteiger partial charge in [0.05, 0.1) is 22.6 Å². The Morgan fingerprint density at radius 2 is 2.12 bits per heavy atom. The number of halogens is 4. The summed E-state index contributed by atoms with van der Waals surface area (Å²) >= 11 is 1.74. The largest absolute Gasteiger partial charge is 0.394 e. The normalized spacial score (nSPS) is 13.8. The van der Waals surface area contributed by atoms with Crippen LogP contribution in [-0.2, 0) is 0 Å². The quantitative estimate of drug-likeness (QED) is 0.850. The van der Waals surface area contributed by atoms with Gasteiger partial charge < -0.3 is 9.67 Å². The highest BCUT2D eigenvalue weighted by molar-refractivity contribution is 14.1. The lowest BCUT2D eigenvalue weighted by Crippen LogP contribution is -2.31. The van der Waals surface area contributed by atoms with Crippen LogP contribution in [0.2, 0.25) is 0 Å². The van der Waals surface area contributed by atoms with Gasteiger partial charge in [-0.1, -0.05) is 0 Å². The van der Waals surface area contributed by atoms with E-state index in [-0.39, 0.29) is 0 Å². The number of aliphatic hydroxyl groups excluding tert-OH is 1. The maximum Gasteiger partial charge on any atom is 0.391 e. The second-order valence-corrected chi connectivity index (χ2v) is 4.39. The van der Waals surface area contributed by atoms with E-state index in [9.17, 15) is 18.0 Å². The number of aliphatic hydroxyl groups is 1. The first-order chi connectivity index (χ1) is 7.35. The minimum absolute atomic E-state index is 0.320. The number of nitrogens with zero attached hydrogens (tertiary/aromatic N) is 1. The van der Waals surface area contributed by atoms with Crippen LogP contribution in [0.25, 0.3) is 0 Å². The fourth-order valence-corrected chi connectivity index (χ4v) is 1.77. The van der Waals surface area contributed by atoms with E-state index in [0.29, 0.717) is 3.57 Å². The van der Waals surface area contributed by atoms with E-state index in [1.54, 1.807) is 22.6 Å². The molecule has 0 fully saturated rings. The van der Waals surface area contributed by atoms with E-state index >= 15 is 0 Å². The number of rotatable bonds is 3. The van der Waals surface area contributed by atoms with Gasteiger partial charge in [-0.15, -0.1) is 0 Å². The van der Waals surface area contributed by atoms with Crippen LogP contribution in [-0.4, -0.2) is 22.5 Å². The average Bonchev–Trinajstić information content (AvgIpc) is 2.18. The molecule has 3 nitrogen and oxygen atoms in total. The van der Waals surface area contributed by atoms with Gasteiger partial charge in [-0.25, -0.2) is 0 Å². The highest BCUT2D eigenvalue weighted by Crippen LogP contribution is 2.26. The van der Waals surface area contributed by atoms with Gasteiger partial charge in [-0.05, 0) is 34.7 Å². The van der Waals surface area contributed by atoms with E-state index in [1.165, 1.54) is 18.3 Å². The zero-order chi connectivity index (χ0) is 12.3. The third kappa shape index (κ3) is 3.48. The van der Waals surface area contributed by atoms with Gasteiger partial charge in [0, 0.05) is 6.20 Å². The Morgan fingerprint density at radius 1 is 1.50 bits per heavy atom. The Morgan fingerprint density at radius 3 is 2.62 bits per heavy atom. The summed E-state index contributed by atoms with van der Waals surface area (Å²) in [7, 11) is 0. The molecule has 0 amide bonds. The van der Waals surface area contributed by atoms with Crippen molar-refractivity contribution in [2.45, 2.75) is 18.6 Å². The van der Waals surface area contributed by atoms with Gasteiger partial charge in [0.15, 0.2) is 0 Å². The van der Waals surface area contributed by atoms with Crippen molar-refractivity contribution in [1.29, 1.82) is 0 Å². The maximum atomic E-state index is 12.2. The highest BCUT2D eigenvalue weighted by atomic mass is 127. The number of pyridine rings is 1. The molecule has 0 aliphatic heterocycles. The molecule has 0 saturated carbocycles. The van der Waals surface area contributed by atoms with E-state index in [1.807, 2.05) is 0 Å². The minimum Gasteiger partial charge on any atom is -0.394 e. The Balaban J connectivity index is 3.05. The molecule has 1 heterocycles. The summed E-state index contributed by atoms with van der Waals surface area (Å²) in [5.41, 5.74) is -0.522. The first kappa shape index (κ1) is 13.5. The Hall–Kier alpha value is -0.570. The van der Waals surface area contributed by atoms with Gasteiger partial charge in [0.1, 0.15) is 0 Å². The number of hydrogen-bond acceptors (Lipinski definition) is 2. The number of aromatic nitrogens is 1. The molecule has 1 aromatic rings. The molecule has 0 bridgehead atoms. The van der Waals surface area contributed by atoms with Crippen molar-refractivity contribution in [2.75, 3.05) is 6.61 Å². The maximum absolute atomic E-state index is 12.2. The summed E-state index contributed by atoms with van der Waals surface area (Å²) in [4.78, 5) is 11.5. The molecule has 0 aliphatic rings. The topological polar surface area (TPSA) is 42.2 Å². The molecule has 0 aliphatic carbocycles. The molecule has 1 N–H and O–H groups in total. The summed E-state index contributed by atoms with van der Waals surface area (Å²) in [6, 6.07) is 1.71. The summed E-state index contributed by atoms with van der Waals surface area (Å²) in [5.74, 6) is 0. The van der Waals surface area contributed by atoms with E-state index in [2.05, 4.69) is 0 Å². The van der Waals surface area contributed by atoms with Gasteiger partial charge in [-0.3, -0.25) is 4.79 Å². The highest BCUT2D eigenvalue weighted by Gasteiger charge is 2.32. The molecular weight excluding hydrogens is 338 g/mol. The van der Waals surface area contributed by atoms with Gasteiger partial charge in [0.25, 0.3) is 5.56 Å².